The molecular formula is C12H17F3N2O. The first-order valence-electron chi connectivity index (χ1n) is 5.76. The molecule has 1 atom stereocenters. The van der Waals surface area contributed by atoms with Crippen molar-refractivity contribution < 1.29 is 17.9 Å². The zero-order valence-corrected chi connectivity index (χ0v) is 10.4. The minimum absolute atomic E-state index is 0.0162. The van der Waals surface area contributed by atoms with Gasteiger partial charge in [-0.2, -0.15) is 13.2 Å². The fourth-order valence-corrected chi connectivity index (χ4v) is 1.77. The zero-order chi connectivity index (χ0) is 13.6. The Kier molecular flexibility index (Phi) is 5.40. The maximum absolute atomic E-state index is 12.3. The topological polar surface area (TPSA) is 34.2 Å². The van der Waals surface area contributed by atoms with Gasteiger partial charge in [-0.05, 0) is 19.0 Å². The summed E-state index contributed by atoms with van der Waals surface area (Å²) >= 11 is 0. The first-order valence-corrected chi connectivity index (χ1v) is 5.76. The van der Waals surface area contributed by atoms with Crippen LogP contribution in [-0.2, 0) is 0 Å². The monoisotopic (exact) mass is 262 g/mol. The van der Waals surface area contributed by atoms with Crippen molar-refractivity contribution in [3.05, 3.63) is 24.0 Å². The Morgan fingerprint density at radius 3 is 2.72 bits per heavy atom. The molecule has 0 saturated heterocycles. The van der Waals surface area contributed by atoms with Crippen LogP contribution < -0.4 is 10.1 Å². The van der Waals surface area contributed by atoms with Gasteiger partial charge in [0.25, 0.3) is 0 Å². The third-order valence-electron chi connectivity index (χ3n) is 2.58. The average molecular weight is 262 g/mol. The lowest BCUT2D eigenvalue weighted by molar-refractivity contribution is -0.136. The maximum Gasteiger partial charge on any atom is 0.389 e. The molecule has 1 rings (SSSR count). The lowest BCUT2D eigenvalue weighted by Gasteiger charge is -2.21. The van der Waals surface area contributed by atoms with Gasteiger partial charge < -0.3 is 10.1 Å². The molecule has 1 aromatic heterocycles. The molecule has 0 radical (unpaired) electrons. The molecule has 0 fully saturated rings. The number of pyridine rings is 1. The van der Waals surface area contributed by atoms with Crippen molar-refractivity contribution in [1.82, 2.24) is 10.3 Å². The van der Waals surface area contributed by atoms with Crippen molar-refractivity contribution in [1.29, 1.82) is 0 Å². The summed E-state index contributed by atoms with van der Waals surface area (Å²) in [6.45, 7) is 2.45. The highest BCUT2D eigenvalue weighted by molar-refractivity contribution is 5.32. The Morgan fingerprint density at radius 1 is 1.44 bits per heavy atom. The van der Waals surface area contributed by atoms with Gasteiger partial charge in [0, 0.05) is 24.2 Å². The quantitative estimate of drug-likeness (QED) is 0.855. The Labute approximate surface area is 104 Å². The molecule has 0 bridgehead atoms. The second-order valence-corrected chi connectivity index (χ2v) is 3.88. The molecule has 102 valence electrons. The van der Waals surface area contributed by atoms with E-state index in [0.29, 0.717) is 17.9 Å². The molecule has 1 heterocycles. The summed E-state index contributed by atoms with van der Waals surface area (Å²) in [5.74, 6) is 0.505. The van der Waals surface area contributed by atoms with Crippen LogP contribution in [0.15, 0.2) is 18.5 Å². The summed E-state index contributed by atoms with van der Waals surface area (Å²) in [5, 5.41) is 3.04. The molecular weight excluding hydrogens is 245 g/mol. The summed E-state index contributed by atoms with van der Waals surface area (Å²) in [4.78, 5) is 3.89. The van der Waals surface area contributed by atoms with Crippen LogP contribution >= 0.6 is 0 Å². The Bertz CT molecular complexity index is 369. The van der Waals surface area contributed by atoms with Gasteiger partial charge in [0.2, 0.25) is 0 Å². The summed E-state index contributed by atoms with van der Waals surface area (Å²) in [6, 6.07) is 1.30. The van der Waals surface area contributed by atoms with Crippen LogP contribution in [0.25, 0.3) is 0 Å². The minimum Gasteiger partial charge on any atom is -0.495 e. The molecule has 3 nitrogen and oxygen atoms in total. The highest BCUT2D eigenvalue weighted by Gasteiger charge is 2.29. The minimum atomic E-state index is -4.14. The van der Waals surface area contributed by atoms with Crippen LogP contribution in [0.4, 0.5) is 13.2 Å². The smallest absolute Gasteiger partial charge is 0.389 e. The van der Waals surface area contributed by atoms with Crippen LogP contribution in [-0.4, -0.2) is 24.8 Å². The summed E-state index contributed by atoms with van der Waals surface area (Å²) in [7, 11) is 1.48. The number of methoxy groups -OCH3 is 1. The predicted molar refractivity (Wildman–Crippen MR) is 62.5 cm³/mol. The molecule has 0 amide bonds. The van der Waals surface area contributed by atoms with Crippen molar-refractivity contribution in [2.45, 2.75) is 32.0 Å². The van der Waals surface area contributed by atoms with Crippen LogP contribution in [0, 0.1) is 0 Å². The van der Waals surface area contributed by atoms with Crippen molar-refractivity contribution in [3.8, 4) is 5.75 Å². The second kappa shape index (κ2) is 6.58. The molecule has 0 aromatic carbocycles. The molecule has 1 aromatic rings. The molecule has 0 aliphatic carbocycles. The number of rotatable bonds is 6. The molecule has 1 N–H and O–H groups in total. The van der Waals surface area contributed by atoms with E-state index in [1.165, 1.54) is 13.3 Å². The lowest BCUT2D eigenvalue weighted by Crippen LogP contribution is -2.23. The number of hydrogen-bond acceptors (Lipinski definition) is 3. The largest absolute Gasteiger partial charge is 0.495 e. The molecule has 6 heteroatoms. The highest BCUT2D eigenvalue weighted by Crippen LogP contribution is 2.31. The van der Waals surface area contributed by atoms with Gasteiger partial charge in [-0.1, -0.05) is 6.92 Å². The fraction of sp³-hybridized carbons (Fsp3) is 0.583. The second-order valence-electron chi connectivity index (χ2n) is 3.88. The number of halogens is 3. The van der Waals surface area contributed by atoms with E-state index in [1.807, 2.05) is 6.92 Å². The highest BCUT2D eigenvalue weighted by atomic mass is 19.4. The van der Waals surface area contributed by atoms with Crippen molar-refractivity contribution in [2.24, 2.45) is 0 Å². The lowest BCUT2D eigenvalue weighted by atomic mass is 10.0. The van der Waals surface area contributed by atoms with Gasteiger partial charge >= 0.3 is 6.18 Å². The predicted octanol–water partition coefficient (Wildman–Crippen LogP) is 3.08. The van der Waals surface area contributed by atoms with Crippen LogP contribution in [0.1, 0.15) is 31.4 Å². The summed E-state index contributed by atoms with van der Waals surface area (Å²) in [5.41, 5.74) is 0.707. The number of hydrogen-bond donors (Lipinski definition) is 1. The van der Waals surface area contributed by atoms with E-state index < -0.39 is 12.6 Å². The average Bonchev–Trinajstić information content (AvgIpc) is 2.33. The van der Waals surface area contributed by atoms with Crippen molar-refractivity contribution >= 4 is 0 Å². The Morgan fingerprint density at radius 2 is 2.17 bits per heavy atom. The number of nitrogens with one attached hydrogen (secondary N) is 1. The van der Waals surface area contributed by atoms with E-state index in [4.69, 9.17) is 4.74 Å². The van der Waals surface area contributed by atoms with E-state index in [0.717, 1.165) is 0 Å². The van der Waals surface area contributed by atoms with Gasteiger partial charge in [-0.25, -0.2) is 0 Å². The molecule has 0 aliphatic rings. The Hall–Kier alpha value is -1.30. The fourth-order valence-electron chi connectivity index (χ4n) is 1.77. The van der Waals surface area contributed by atoms with Crippen molar-refractivity contribution in [3.63, 3.8) is 0 Å². The standard InChI is InChI=1S/C12H17F3N2O/c1-3-17-10(4-6-12(13,14)15)9-5-7-16-8-11(9)18-2/h5,7-8,10,17H,3-4,6H2,1-2H3. The van der Waals surface area contributed by atoms with Gasteiger partial charge in [-0.15, -0.1) is 0 Å². The number of alkyl halides is 3. The first-order chi connectivity index (χ1) is 8.48. The first kappa shape index (κ1) is 14.8. The number of nitrogens with zero attached hydrogens (tertiary/aromatic N) is 1. The van der Waals surface area contributed by atoms with E-state index in [9.17, 15) is 13.2 Å². The molecule has 0 saturated carbocycles. The number of ether oxygens (including phenoxy) is 1. The van der Waals surface area contributed by atoms with Gasteiger partial charge in [-0.3, -0.25) is 4.98 Å². The van der Waals surface area contributed by atoms with Gasteiger partial charge in [0.1, 0.15) is 5.75 Å². The number of aromatic nitrogens is 1. The van der Waals surface area contributed by atoms with E-state index >= 15 is 0 Å². The van der Waals surface area contributed by atoms with Gasteiger partial charge in [0.05, 0.1) is 13.3 Å². The zero-order valence-electron chi connectivity index (χ0n) is 10.4. The maximum atomic E-state index is 12.3. The van der Waals surface area contributed by atoms with E-state index in [-0.39, 0.29) is 12.5 Å². The summed E-state index contributed by atoms with van der Waals surface area (Å²) in [6.07, 6.45) is -1.93. The van der Waals surface area contributed by atoms with Crippen LogP contribution in [0.3, 0.4) is 0 Å². The van der Waals surface area contributed by atoms with Gasteiger partial charge in [0.15, 0.2) is 0 Å². The summed E-state index contributed by atoms with van der Waals surface area (Å²) < 4.78 is 42.0. The van der Waals surface area contributed by atoms with E-state index in [2.05, 4.69) is 10.3 Å². The third-order valence-corrected chi connectivity index (χ3v) is 2.58. The van der Waals surface area contributed by atoms with Crippen molar-refractivity contribution in [2.75, 3.05) is 13.7 Å². The Balaban J connectivity index is 2.83. The molecule has 0 spiro atoms. The third kappa shape index (κ3) is 4.52. The van der Waals surface area contributed by atoms with Crippen LogP contribution in [0.5, 0.6) is 5.75 Å². The van der Waals surface area contributed by atoms with E-state index in [1.54, 1.807) is 12.3 Å². The molecule has 0 aliphatic heterocycles. The molecule has 1 unspecified atom stereocenters. The normalized spacial score (nSPS) is 13.4. The SMILES string of the molecule is CCNC(CCC(F)(F)F)c1ccncc1OC. The van der Waals surface area contributed by atoms with Crippen LogP contribution in [0.2, 0.25) is 0 Å². The molecule has 18 heavy (non-hydrogen) atoms.